The van der Waals surface area contributed by atoms with Crippen molar-refractivity contribution < 1.29 is 4.39 Å². The Morgan fingerprint density at radius 2 is 2.10 bits per heavy atom. The van der Waals surface area contributed by atoms with Crippen LogP contribution in [0.1, 0.15) is 32.2 Å². The minimum Gasteiger partial charge on any atom is -0.305 e. The van der Waals surface area contributed by atoms with E-state index in [1.165, 1.54) is 18.5 Å². The highest BCUT2D eigenvalue weighted by Crippen LogP contribution is 2.18. The van der Waals surface area contributed by atoms with E-state index in [0.29, 0.717) is 18.1 Å². The van der Waals surface area contributed by atoms with Crippen LogP contribution in [0.4, 0.5) is 4.39 Å². The maximum Gasteiger partial charge on any atom is 0.141 e. The molecule has 0 saturated heterocycles. The van der Waals surface area contributed by atoms with Crippen molar-refractivity contribution in [1.82, 2.24) is 20.1 Å². The molecule has 0 aliphatic heterocycles. The fourth-order valence-electron chi connectivity index (χ4n) is 1.71. The average molecular weight is 297 g/mol. The first-order valence-corrected chi connectivity index (χ1v) is 6.78. The van der Waals surface area contributed by atoms with E-state index in [9.17, 15) is 4.39 Å². The van der Waals surface area contributed by atoms with E-state index in [1.54, 1.807) is 10.7 Å². The van der Waals surface area contributed by atoms with E-state index in [-0.39, 0.29) is 11.4 Å². The van der Waals surface area contributed by atoms with Crippen molar-refractivity contribution in [3.05, 3.63) is 46.8 Å². The van der Waals surface area contributed by atoms with Crippen molar-refractivity contribution in [3.8, 4) is 0 Å². The van der Waals surface area contributed by atoms with Gasteiger partial charge in [0.05, 0.1) is 13.1 Å². The quantitative estimate of drug-likeness (QED) is 0.943. The molecule has 0 radical (unpaired) electrons. The van der Waals surface area contributed by atoms with Gasteiger partial charge >= 0.3 is 0 Å². The molecule has 0 spiro atoms. The van der Waals surface area contributed by atoms with Crippen molar-refractivity contribution >= 4 is 11.6 Å². The lowest BCUT2D eigenvalue weighted by Crippen LogP contribution is -2.36. The zero-order chi connectivity index (χ0) is 14.8. The molecule has 0 aliphatic rings. The van der Waals surface area contributed by atoms with Crippen LogP contribution >= 0.6 is 11.6 Å². The fraction of sp³-hybridized carbons (Fsp3) is 0.429. The first kappa shape index (κ1) is 14.9. The monoisotopic (exact) mass is 296 g/mol. The first-order valence-electron chi connectivity index (χ1n) is 6.41. The Labute approximate surface area is 123 Å². The summed E-state index contributed by atoms with van der Waals surface area (Å²) in [5, 5.41) is 7.95. The minimum atomic E-state index is -0.341. The number of nitrogens with zero attached hydrogens (tertiary/aromatic N) is 3. The van der Waals surface area contributed by atoms with Crippen molar-refractivity contribution in [3.63, 3.8) is 0 Å². The number of rotatable bonds is 4. The number of nitrogens with one attached hydrogen (secondary N) is 1. The van der Waals surface area contributed by atoms with Crippen LogP contribution in [0.25, 0.3) is 0 Å². The molecule has 1 heterocycles. The van der Waals surface area contributed by atoms with Gasteiger partial charge in [-0.25, -0.2) is 14.1 Å². The molecule has 2 aromatic rings. The number of hydrogen-bond donors (Lipinski definition) is 1. The first-order chi connectivity index (χ1) is 9.35. The molecule has 0 unspecified atom stereocenters. The van der Waals surface area contributed by atoms with Crippen LogP contribution in [-0.2, 0) is 13.1 Å². The zero-order valence-electron chi connectivity index (χ0n) is 11.8. The smallest absolute Gasteiger partial charge is 0.141 e. The Hall–Kier alpha value is -1.46. The predicted molar refractivity (Wildman–Crippen MR) is 77.1 cm³/mol. The topological polar surface area (TPSA) is 42.7 Å². The Morgan fingerprint density at radius 1 is 1.35 bits per heavy atom. The third-order valence-electron chi connectivity index (χ3n) is 2.81. The van der Waals surface area contributed by atoms with Crippen molar-refractivity contribution in [2.24, 2.45) is 0 Å². The summed E-state index contributed by atoms with van der Waals surface area (Å²) in [7, 11) is 0. The molecule has 1 aromatic heterocycles. The molecule has 0 fully saturated rings. The van der Waals surface area contributed by atoms with Crippen LogP contribution < -0.4 is 5.32 Å². The molecular weight excluding hydrogens is 279 g/mol. The van der Waals surface area contributed by atoms with Crippen LogP contribution in [0.15, 0.2) is 24.5 Å². The van der Waals surface area contributed by atoms with Gasteiger partial charge < -0.3 is 5.32 Å². The fourth-order valence-corrected chi connectivity index (χ4v) is 1.94. The Kier molecular flexibility index (Phi) is 4.40. The molecular formula is C14H18ClFN4. The second-order valence-corrected chi connectivity index (χ2v) is 6.08. The second-order valence-electron chi connectivity index (χ2n) is 5.67. The van der Waals surface area contributed by atoms with Gasteiger partial charge in [-0.3, -0.25) is 0 Å². The van der Waals surface area contributed by atoms with Crippen LogP contribution in [-0.4, -0.2) is 20.3 Å². The predicted octanol–water partition coefficient (Wildman–Crippen LogP) is 3.01. The van der Waals surface area contributed by atoms with Gasteiger partial charge in [-0.1, -0.05) is 17.7 Å². The van der Waals surface area contributed by atoms with Gasteiger partial charge in [-0.2, -0.15) is 5.10 Å². The molecule has 0 saturated carbocycles. The Bertz CT molecular complexity index is 589. The summed E-state index contributed by atoms with van der Waals surface area (Å²) in [5.74, 6) is 0.479. The van der Waals surface area contributed by atoms with E-state index < -0.39 is 0 Å². The highest BCUT2D eigenvalue weighted by molar-refractivity contribution is 6.31. The number of hydrogen-bond acceptors (Lipinski definition) is 3. The van der Waals surface area contributed by atoms with E-state index in [1.807, 2.05) is 0 Å². The summed E-state index contributed by atoms with van der Waals surface area (Å²) in [6.07, 6.45) is 1.51. The minimum absolute atomic E-state index is 0.00427. The van der Waals surface area contributed by atoms with Gasteiger partial charge in [0.2, 0.25) is 0 Å². The lowest BCUT2D eigenvalue weighted by molar-refractivity contribution is 0.410. The number of aromatic nitrogens is 3. The van der Waals surface area contributed by atoms with Gasteiger partial charge in [0.1, 0.15) is 18.0 Å². The maximum atomic E-state index is 13.0. The van der Waals surface area contributed by atoms with Gasteiger partial charge in [-0.15, -0.1) is 0 Å². The van der Waals surface area contributed by atoms with E-state index in [0.717, 1.165) is 11.4 Å². The van der Waals surface area contributed by atoms with E-state index >= 15 is 0 Å². The largest absolute Gasteiger partial charge is 0.305 e. The van der Waals surface area contributed by atoms with Crippen molar-refractivity contribution in [2.75, 3.05) is 0 Å². The molecule has 0 aliphatic carbocycles. The molecule has 6 heteroatoms. The highest BCUT2D eigenvalue weighted by Gasteiger charge is 2.12. The molecule has 108 valence electrons. The molecule has 1 aromatic carbocycles. The van der Waals surface area contributed by atoms with Crippen LogP contribution in [0.3, 0.4) is 0 Å². The Balaban J connectivity index is 2.12. The van der Waals surface area contributed by atoms with Crippen LogP contribution in [0, 0.1) is 5.82 Å². The summed E-state index contributed by atoms with van der Waals surface area (Å²) >= 11 is 6.03. The summed E-state index contributed by atoms with van der Waals surface area (Å²) in [6, 6.07) is 4.37. The molecule has 4 nitrogen and oxygen atoms in total. The van der Waals surface area contributed by atoms with Gasteiger partial charge in [-0.05, 0) is 38.5 Å². The normalized spacial score (nSPS) is 11.8. The lowest BCUT2D eigenvalue weighted by atomic mass is 10.1. The molecule has 2 rings (SSSR count). The maximum absolute atomic E-state index is 13.0. The second kappa shape index (κ2) is 5.89. The zero-order valence-corrected chi connectivity index (χ0v) is 12.6. The van der Waals surface area contributed by atoms with Gasteiger partial charge in [0.15, 0.2) is 0 Å². The summed E-state index contributed by atoms with van der Waals surface area (Å²) in [4.78, 5) is 4.23. The molecule has 1 N–H and O–H groups in total. The summed E-state index contributed by atoms with van der Waals surface area (Å²) < 4.78 is 14.8. The molecule has 0 amide bonds. The SMILES string of the molecule is CC(C)(C)NCc1ncnn1Cc1ccc(F)cc1Cl. The van der Waals surface area contributed by atoms with Gasteiger partial charge in [0, 0.05) is 10.6 Å². The number of halogens is 2. The third-order valence-corrected chi connectivity index (χ3v) is 3.16. The van der Waals surface area contributed by atoms with Crippen LogP contribution in [0.2, 0.25) is 5.02 Å². The molecule has 0 bridgehead atoms. The molecule has 20 heavy (non-hydrogen) atoms. The average Bonchev–Trinajstić information content (AvgIpc) is 2.77. The lowest BCUT2D eigenvalue weighted by Gasteiger charge is -2.20. The standard InChI is InChI=1S/C14H18ClFN4/c1-14(2,3)18-7-13-17-9-19-20(13)8-10-4-5-11(16)6-12(10)15/h4-6,9,18H,7-8H2,1-3H3. The van der Waals surface area contributed by atoms with E-state index in [2.05, 4.69) is 36.2 Å². The third kappa shape index (κ3) is 4.02. The van der Waals surface area contributed by atoms with Crippen LogP contribution in [0.5, 0.6) is 0 Å². The van der Waals surface area contributed by atoms with E-state index in [4.69, 9.17) is 11.6 Å². The van der Waals surface area contributed by atoms with Crippen molar-refractivity contribution in [2.45, 2.75) is 39.4 Å². The van der Waals surface area contributed by atoms with Gasteiger partial charge in [0.25, 0.3) is 0 Å². The summed E-state index contributed by atoms with van der Waals surface area (Å²) in [5.41, 5.74) is 0.820. The number of benzene rings is 1. The summed E-state index contributed by atoms with van der Waals surface area (Å²) in [6.45, 7) is 7.35. The van der Waals surface area contributed by atoms with Crippen molar-refractivity contribution in [1.29, 1.82) is 0 Å². The highest BCUT2D eigenvalue weighted by atomic mass is 35.5. The Morgan fingerprint density at radius 3 is 2.75 bits per heavy atom. The molecule has 0 atom stereocenters.